The molecule has 2 aromatic rings. The monoisotopic (exact) mass is 401 g/mol. The second-order valence-electron chi connectivity index (χ2n) is 7.43. The summed E-state index contributed by atoms with van der Waals surface area (Å²) in [7, 11) is 1.61. The van der Waals surface area contributed by atoms with Crippen LogP contribution in [-0.4, -0.2) is 28.7 Å². The van der Waals surface area contributed by atoms with Gasteiger partial charge in [-0.2, -0.15) is 0 Å². The van der Waals surface area contributed by atoms with Crippen molar-refractivity contribution in [2.24, 2.45) is 4.99 Å². The second-order valence-corrected chi connectivity index (χ2v) is 8.72. The van der Waals surface area contributed by atoms with Gasteiger partial charge in [0.05, 0.1) is 29.0 Å². The van der Waals surface area contributed by atoms with E-state index >= 15 is 0 Å². The van der Waals surface area contributed by atoms with Crippen LogP contribution in [0.3, 0.4) is 0 Å². The number of thioether (sulfide) groups is 1. The van der Waals surface area contributed by atoms with Crippen molar-refractivity contribution in [2.45, 2.75) is 50.3 Å². The van der Waals surface area contributed by atoms with E-state index < -0.39 is 0 Å². The minimum atomic E-state index is -0.163. The molecule has 7 nitrogen and oxygen atoms in total. The van der Waals surface area contributed by atoms with Crippen molar-refractivity contribution in [3.8, 4) is 17.2 Å². The number of hydrogen-bond donors (Lipinski definition) is 1. The molecule has 8 heteroatoms. The maximum absolute atomic E-state index is 13.0. The topological polar surface area (TPSA) is 77.8 Å². The highest BCUT2D eigenvalue weighted by atomic mass is 32.2. The van der Waals surface area contributed by atoms with Gasteiger partial charge >= 0.3 is 0 Å². The third kappa shape index (κ3) is 2.82. The number of rotatable bonds is 3. The summed E-state index contributed by atoms with van der Waals surface area (Å²) in [6.45, 7) is 2.17. The first-order valence-corrected chi connectivity index (χ1v) is 10.6. The summed E-state index contributed by atoms with van der Waals surface area (Å²) in [5, 5.41) is 3.86. The van der Waals surface area contributed by atoms with Gasteiger partial charge in [-0.05, 0) is 37.5 Å². The molecule has 0 amide bonds. The van der Waals surface area contributed by atoms with Crippen LogP contribution in [0.1, 0.15) is 61.4 Å². The van der Waals surface area contributed by atoms with E-state index in [1.165, 1.54) is 19.3 Å². The molecular weight excluding hydrogens is 378 g/mol. The Morgan fingerprint density at radius 2 is 2.07 bits per heavy atom. The van der Waals surface area contributed by atoms with Gasteiger partial charge in [0.15, 0.2) is 17.3 Å². The lowest BCUT2D eigenvalue weighted by molar-refractivity contribution is 0.171. The van der Waals surface area contributed by atoms with Crippen molar-refractivity contribution >= 4 is 22.6 Å². The highest BCUT2D eigenvalue weighted by molar-refractivity contribution is 8.14. The zero-order valence-corrected chi connectivity index (χ0v) is 16.8. The Kier molecular flexibility index (Phi) is 4.38. The van der Waals surface area contributed by atoms with E-state index in [0.29, 0.717) is 28.9 Å². The predicted molar refractivity (Wildman–Crippen MR) is 108 cm³/mol. The van der Waals surface area contributed by atoms with Crippen LogP contribution in [0.15, 0.2) is 21.9 Å². The fourth-order valence-electron chi connectivity index (χ4n) is 4.35. The third-order valence-electron chi connectivity index (χ3n) is 5.67. The molecule has 148 valence electrons. The van der Waals surface area contributed by atoms with Gasteiger partial charge in [0.2, 0.25) is 12.5 Å². The molecule has 0 spiro atoms. The number of methoxy groups -OCH3 is 1. The third-order valence-corrected chi connectivity index (χ3v) is 6.85. The zero-order valence-electron chi connectivity index (χ0n) is 16.0. The molecule has 3 aliphatic rings. The van der Waals surface area contributed by atoms with E-state index in [2.05, 4.69) is 5.10 Å². The van der Waals surface area contributed by atoms with Crippen LogP contribution in [0.4, 0.5) is 5.82 Å². The molecule has 2 aliphatic heterocycles. The molecule has 0 unspecified atom stereocenters. The number of aromatic nitrogens is 2. The molecule has 5 rings (SSSR count). The number of benzene rings is 1. The summed E-state index contributed by atoms with van der Waals surface area (Å²) in [5.74, 6) is 2.66. The van der Waals surface area contributed by atoms with E-state index in [1.54, 1.807) is 18.9 Å². The number of aliphatic imine (C=N–C) groups is 1. The number of hydrogen-bond acceptors (Lipinski definition) is 6. The minimum Gasteiger partial charge on any atom is -0.493 e. The smallest absolute Gasteiger partial charge is 0.271 e. The van der Waals surface area contributed by atoms with E-state index in [9.17, 15) is 4.79 Å². The Morgan fingerprint density at radius 1 is 1.25 bits per heavy atom. The number of nitrogens with zero attached hydrogens (tertiary/aromatic N) is 2. The van der Waals surface area contributed by atoms with E-state index in [1.807, 2.05) is 23.7 Å². The van der Waals surface area contributed by atoms with E-state index in [-0.39, 0.29) is 17.6 Å². The Hall–Kier alpha value is -2.35. The molecule has 1 saturated carbocycles. The van der Waals surface area contributed by atoms with Crippen LogP contribution in [0.2, 0.25) is 0 Å². The first kappa shape index (κ1) is 17.7. The van der Waals surface area contributed by atoms with Gasteiger partial charge in [0.1, 0.15) is 0 Å². The molecule has 0 bridgehead atoms. The predicted octanol–water partition coefficient (Wildman–Crippen LogP) is 4.31. The van der Waals surface area contributed by atoms with Gasteiger partial charge in [-0.25, -0.2) is 4.99 Å². The molecular formula is C20H23N3O4S. The average Bonchev–Trinajstić information content (AvgIpc) is 3.32. The zero-order chi connectivity index (χ0) is 19.3. The van der Waals surface area contributed by atoms with Gasteiger partial charge in [-0.3, -0.25) is 14.6 Å². The fraction of sp³-hybridized carbons (Fsp3) is 0.500. The van der Waals surface area contributed by atoms with Gasteiger partial charge in [-0.1, -0.05) is 31.0 Å². The maximum atomic E-state index is 13.0. The van der Waals surface area contributed by atoms with Gasteiger partial charge in [0, 0.05) is 0 Å². The summed E-state index contributed by atoms with van der Waals surface area (Å²) in [4.78, 5) is 17.7. The summed E-state index contributed by atoms with van der Waals surface area (Å²) >= 11 is 1.59. The molecule has 0 radical (unpaired) electrons. The number of nitrogens with one attached hydrogen (secondary N) is 1. The average molecular weight is 401 g/mol. The first-order chi connectivity index (χ1) is 13.7. The van der Waals surface area contributed by atoms with Crippen LogP contribution < -0.4 is 19.8 Å². The van der Waals surface area contributed by atoms with Crippen LogP contribution in [0.5, 0.6) is 17.2 Å². The molecule has 1 fully saturated rings. The summed E-state index contributed by atoms with van der Waals surface area (Å²) in [6, 6.07) is 4.20. The highest BCUT2D eigenvalue weighted by Gasteiger charge is 2.34. The second kappa shape index (κ2) is 6.92. The van der Waals surface area contributed by atoms with Crippen molar-refractivity contribution in [2.75, 3.05) is 13.9 Å². The summed E-state index contributed by atoms with van der Waals surface area (Å²) < 4.78 is 18.6. The molecule has 1 aliphatic carbocycles. The lowest BCUT2D eigenvalue weighted by Gasteiger charge is -2.26. The van der Waals surface area contributed by atoms with Gasteiger partial charge < -0.3 is 14.2 Å². The van der Waals surface area contributed by atoms with E-state index in [0.717, 1.165) is 29.3 Å². The fourth-order valence-corrected chi connectivity index (χ4v) is 5.43. The van der Waals surface area contributed by atoms with Crippen LogP contribution in [0, 0.1) is 0 Å². The number of aromatic amines is 1. The van der Waals surface area contributed by atoms with Crippen molar-refractivity contribution in [1.29, 1.82) is 0 Å². The Balaban J connectivity index is 1.62. The normalized spacial score (nSPS) is 21.4. The Labute approximate surface area is 167 Å². The lowest BCUT2D eigenvalue weighted by Crippen LogP contribution is -2.16. The van der Waals surface area contributed by atoms with Crippen molar-refractivity contribution in [3.63, 3.8) is 0 Å². The quantitative estimate of drug-likeness (QED) is 0.829. The number of H-pyrrole nitrogens is 1. The number of fused-ring (bicyclic) bond motifs is 2. The minimum absolute atomic E-state index is 0.0639. The van der Waals surface area contributed by atoms with Gasteiger partial charge in [0.25, 0.3) is 5.56 Å². The molecule has 1 N–H and O–H groups in total. The van der Waals surface area contributed by atoms with Crippen LogP contribution in [0.25, 0.3) is 0 Å². The highest BCUT2D eigenvalue weighted by Crippen LogP contribution is 2.50. The summed E-state index contributed by atoms with van der Waals surface area (Å²) in [6.07, 6.45) is 5.82. The Bertz CT molecular complexity index is 1000. The molecule has 1 atom stereocenters. The first-order valence-electron chi connectivity index (χ1n) is 9.69. The molecule has 0 saturated heterocycles. The van der Waals surface area contributed by atoms with Crippen molar-refractivity contribution < 1.29 is 14.2 Å². The lowest BCUT2D eigenvalue weighted by atomic mass is 9.95. The van der Waals surface area contributed by atoms with Crippen LogP contribution >= 0.6 is 11.8 Å². The van der Waals surface area contributed by atoms with Gasteiger partial charge in [-0.15, -0.1) is 0 Å². The molecule has 1 aromatic heterocycles. The maximum Gasteiger partial charge on any atom is 0.271 e. The van der Waals surface area contributed by atoms with Crippen molar-refractivity contribution in [3.05, 3.63) is 33.6 Å². The molecule has 3 heterocycles. The molecule has 28 heavy (non-hydrogen) atoms. The largest absolute Gasteiger partial charge is 0.493 e. The van der Waals surface area contributed by atoms with Crippen LogP contribution in [-0.2, 0) is 0 Å². The van der Waals surface area contributed by atoms with E-state index in [4.69, 9.17) is 19.2 Å². The number of ether oxygens (including phenoxy) is 3. The molecule has 1 aromatic carbocycles. The Morgan fingerprint density at radius 3 is 2.86 bits per heavy atom. The standard InChI is InChI=1S/C20H23N3O4S/c1-11-21-19-16(20(24)22-23(19)13-6-4-3-5-7-13)18(28-11)12-8-14(25-2)17-15(9-12)26-10-27-17/h8-9,13,18H,3-7,10H2,1-2H3,(H,22,24)/t18-/m1/s1. The summed E-state index contributed by atoms with van der Waals surface area (Å²) in [5.41, 5.74) is 1.60. The SMILES string of the molecule is COc1cc([C@H]2SC(C)=Nc3c2c(=O)[nH]n3C2CCCCC2)cc2c1OCO2. The van der Waals surface area contributed by atoms with Crippen molar-refractivity contribution in [1.82, 2.24) is 9.78 Å².